The van der Waals surface area contributed by atoms with Crippen LogP contribution in [0.15, 0.2) is 40.2 Å². The standard InChI is InChI=1S/C15H17BrN2OS/c1-2-11-7-8-20-14(11)9-17-10-15(19)18-13-5-3-12(16)4-6-13/h3-8,17H,2,9-10H2,1H3,(H,18,19). The van der Waals surface area contributed by atoms with Crippen LogP contribution in [0.5, 0.6) is 0 Å². The first-order valence-electron chi connectivity index (χ1n) is 6.50. The summed E-state index contributed by atoms with van der Waals surface area (Å²) < 4.78 is 0.999. The molecule has 2 N–H and O–H groups in total. The van der Waals surface area contributed by atoms with Gasteiger partial charge in [0.15, 0.2) is 0 Å². The molecule has 0 spiro atoms. The molecule has 20 heavy (non-hydrogen) atoms. The van der Waals surface area contributed by atoms with Crippen molar-refractivity contribution < 1.29 is 4.79 Å². The average molecular weight is 353 g/mol. The number of rotatable bonds is 6. The summed E-state index contributed by atoms with van der Waals surface area (Å²) in [6.07, 6.45) is 1.03. The van der Waals surface area contributed by atoms with E-state index < -0.39 is 0 Å². The van der Waals surface area contributed by atoms with E-state index in [0.717, 1.165) is 23.1 Å². The number of halogens is 1. The van der Waals surface area contributed by atoms with Gasteiger partial charge in [-0.15, -0.1) is 11.3 Å². The van der Waals surface area contributed by atoms with Gasteiger partial charge >= 0.3 is 0 Å². The number of amides is 1. The number of carbonyl (C=O) groups excluding carboxylic acids is 1. The molecule has 0 radical (unpaired) electrons. The molecule has 1 aromatic carbocycles. The molecule has 0 atom stereocenters. The SMILES string of the molecule is CCc1ccsc1CNCC(=O)Nc1ccc(Br)cc1. The molecule has 0 saturated heterocycles. The molecule has 2 aromatic rings. The van der Waals surface area contributed by atoms with E-state index in [0.29, 0.717) is 6.54 Å². The van der Waals surface area contributed by atoms with Crippen molar-refractivity contribution in [3.63, 3.8) is 0 Å². The number of benzene rings is 1. The number of anilines is 1. The summed E-state index contributed by atoms with van der Waals surface area (Å²) in [7, 11) is 0. The number of hydrogen-bond donors (Lipinski definition) is 2. The van der Waals surface area contributed by atoms with Crippen molar-refractivity contribution in [2.45, 2.75) is 19.9 Å². The largest absolute Gasteiger partial charge is 0.325 e. The van der Waals surface area contributed by atoms with Crippen molar-refractivity contribution in [1.29, 1.82) is 0 Å². The molecule has 0 aliphatic heterocycles. The molecule has 2 rings (SSSR count). The lowest BCUT2D eigenvalue weighted by Gasteiger charge is -2.07. The van der Waals surface area contributed by atoms with Gasteiger partial charge in [-0.05, 0) is 47.7 Å². The first-order chi connectivity index (χ1) is 9.69. The Morgan fingerprint density at radius 1 is 1.25 bits per heavy atom. The summed E-state index contributed by atoms with van der Waals surface area (Å²) in [6.45, 7) is 3.21. The predicted molar refractivity (Wildman–Crippen MR) is 88.2 cm³/mol. The van der Waals surface area contributed by atoms with E-state index in [2.05, 4.69) is 44.9 Å². The third-order valence-corrected chi connectivity index (χ3v) is 4.41. The molecule has 106 valence electrons. The number of aryl methyl sites for hydroxylation is 1. The Kier molecular flexibility index (Phi) is 5.76. The van der Waals surface area contributed by atoms with Crippen LogP contribution in [-0.2, 0) is 17.8 Å². The summed E-state index contributed by atoms with van der Waals surface area (Å²) in [5, 5.41) is 8.14. The van der Waals surface area contributed by atoms with Crippen LogP contribution in [0.2, 0.25) is 0 Å². The van der Waals surface area contributed by atoms with Crippen molar-refractivity contribution in [2.75, 3.05) is 11.9 Å². The van der Waals surface area contributed by atoms with Crippen molar-refractivity contribution in [2.24, 2.45) is 0 Å². The quantitative estimate of drug-likeness (QED) is 0.829. The zero-order chi connectivity index (χ0) is 14.4. The van der Waals surface area contributed by atoms with Crippen molar-refractivity contribution in [3.8, 4) is 0 Å². The zero-order valence-corrected chi connectivity index (χ0v) is 13.7. The highest BCUT2D eigenvalue weighted by Crippen LogP contribution is 2.17. The third kappa shape index (κ3) is 4.44. The van der Waals surface area contributed by atoms with Crippen LogP contribution in [0.4, 0.5) is 5.69 Å². The molecule has 3 nitrogen and oxygen atoms in total. The van der Waals surface area contributed by atoms with Gasteiger partial charge in [0, 0.05) is 21.6 Å². The topological polar surface area (TPSA) is 41.1 Å². The normalized spacial score (nSPS) is 10.5. The Bertz CT molecular complexity index is 566. The van der Waals surface area contributed by atoms with Crippen LogP contribution in [-0.4, -0.2) is 12.5 Å². The maximum Gasteiger partial charge on any atom is 0.238 e. The number of nitrogens with one attached hydrogen (secondary N) is 2. The van der Waals surface area contributed by atoms with Gasteiger partial charge in [0.2, 0.25) is 5.91 Å². The van der Waals surface area contributed by atoms with Crippen molar-refractivity contribution in [1.82, 2.24) is 5.32 Å². The molecule has 0 aliphatic carbocycles. The molecular formula is C15H17BrN2OS. The minimum atomic E-state index is -0.0260. The molecule has 0 fully saturated rings. The highest BCUT2D eigenvalue weighted by atomic mass is 79.9. The maximum absolute atomic E-state index is 11.8. The van der Waals surface area contributed by atoms with E-state index in [9.17, 15) is 4.79 Å². The van der Waals surface area contributed by atoms with Crippen LogP contribution in [0.3, 0.4) is 0 Å². The molecular weight excluding hydrogens is 336 g/mol. The molecule has 5 heteroatoms. The van der Waals surface area contributed by atoms with Crippen LogP contribution >= 0.6 is 27.3 Å². The van der Waals surface area contributed by atoms with E-state index in [4.69, 9.17) is 0 Å². The van der Waals surface area contributed by atoms with Gasteiger partial charge in [-0.1, -0.05) is 22.9 Å². The number of carbonyl (C=O) groups is 1. The zero-order valence-electron chi connectivity index (χ0n) is 11.3. The fourth-order valence-electron chi connectivity index (χ4n) is 1.87. The van der Waals surface area contributed by atoms with Crippen LogP contribution < -0.4 is 10.6 Å². The monoisotopic (exact) mass is 352 g/mol. The first-order valence-corrected chi connectivity index (χ1v) is 8.17. The minimum Gasteiger partial charge on any atom is -0.325 e. The predicted octanol–water partition coefficient (Wildman–Crippen LogP) is 3.80. The van der Waals surface area contributed by atoms with Crippen LogP contribution in [0.1, 0.15) is 17.4 Å². The second-order valence-electron chi connectivity index (χ2n) is 4.38. The van der Waals surface area contributed by atoms with Gasteiger partial charge in [-0.3, -0.25) is 4.79 Å². The van der Waals surface area contributed by atoms with Crippen molar-refractivity contribution in [3.05, 3.63) is 50.6 Å². The lowest BCUT2D eigenvalue weighted by Crippen LogP contribution is -2.27. The van der Waals surface area contributed by atoms with Gasteiger partial charge in [-0.2, -0.15) is 0 Å². The third-order valence-electron chi connectivity index (χ3n) is 2.92. The molecule has 0 unspecified atom stereocenters. The fraction of sp³-hybridized carbons (Fsp3) is 0.267. The van der Waals surface area contributed by atoms with E-state index >= 15 is 0 Å². The molecule has 0 saturated carbocycles. The summed E-state index contributed by atoms with van der Waals surface area (Å²) in [5.74, 6) is -0.0260. The molecule has 0 bridgehead atoms. The van der Waals surface area contributed by atoms with Gasteiger partial charge in [0.05, 0.1) is 6.54 Å². The highest BCUT2D eigenvalue weighted by Gasteiger charge is 2.05. The van der Waals surface area contributed by atoms with Crippen LogP contribution in [0.25, 0.3) is 0 Å². The highest BCUT2D eigenvalue weighted by molar-refractivity contribution is 9.10. The summed E-state index contributed by atoms with van der Waals surface area (Å²) in [5.41, 5.74) is 2.17. The van der Waals surface area contributed by atoms with E-state index in [1.807, 2.05) is 24.3 Å². The Morgan fingerprint density at radius 2 is 2.00 bits per heavy atom. The molecule has 1 aromatic heterocycles. The summed E-state index contributed by atoms with van der Waals surface area (Å²) in [4.78, 5) is 13.1. The minimum absolute atomic E-state index is 0.0260. The molecule has 0 aliphatic rings. The first kappa shape index (κ1) is 15.2. The summed E-state index contributed by atoms with van der Waals surface area (Å²) >= 11 is 5.10. The average Bonchev–Trinajstić information content (AvgIpc) is 2.89. The van der Waals surface area contributed by atoms with Crippen LogP contribution in [0, 0.1) is 0 Å². The Morgan fingerprint density at radius 3 is 2.70 bits per heavy atom. The maximum atomic E-state index is 11.8. The van der Waals surface area contributed by atoms with Gasteiger partial charge in [0.25, 0.3) is 0 Å². The second-order valence-corrected chi connectivity index (χ2v) is 6.30. The number of hydrogen-bond acceptors (Lipinski definition) is 3. The van der Waals surface area contributed by atoms with E-state index in [1.54, 1.807) is 11.3 Å². The second kappa shape index (κ2) is 7.57. The lowest BCUT2D eigenvalue weighted by molar-refractivity contribution is -0.115. The Hall–Kier alpha value is -1.17. The summed E-state index contributed by atoms with van der Waals surface area (Å²) in [6, 6.07) is 9.70. The van der Waals surface area contributed by atoms with E-state index in [-0.39, 0.29) is 5.91 Å². The fourth-order valence-corrected chi connectivity index (χ4v) is 3.08. The van der Waals surface area contributed by atoms with E-state index in [1.165, 1.54) is 10.4 Å². The van der Waals surface area contributed by atoms with Gasteiger partial charge in [0.1, 0.15) is 0 Å². The van der Waals surface area contributed by atoms with Gasteiger partial charge < -0.3 is 10.6 Å². The Labute approximate surface area is 131 Å². The smallest absolute Gasteiger partial charge is 0.238 e. The van der Waals surface area contributed by atoms with Gasteiger partial charge in [-0.25, -0.2) is 0 Å². The molecule has 1 amide bonds. The lowest BCUT2D eigenvalue weighted by atomic mass is 10.2. The molecule has 1 heterocycles. The number of thiophene rings is 1. The van der Waals surface area contributed by atoms with Crippen molar-refractivity contribution >= 4 is 38.9 Å². The Balaban J connectivity index is 1.76.